The summed E-state index contributed by atoms with van der Waals surface area (Å²) in [4.78, 5) is 11.1. The third-order valence-electron chi connectivity index (χ3n) is 2.63. The maximum Gasteiger partial charge on any atom is 0.223 e. The van der Waals surface area contributed by atoms with Crippen LogP contribution in [-0.2, 0) is 10.2 Å². The molecule has 1 rings (SSSR count). The molecule has 0 bridgehead atoms. The molecule has 0 fully saturated rings. The van der Waals surface area contributed by atoms with E-state index in [4.69, 9.17) is 4.74 Å². The fraction of sp³-hybridized carbons (Fsp3) is 0.500. The Labute approximate surface area is 113 Å². The highest BCUT2D eigenvalue weighted by Crippen LogP contribution is 2.34. The second-order valence-electron chi connectivity index (χ2n) is 5.28. The SMILES string of the molecule is CNC(=O)CCOc1cc(F)cc(F)c1C(C)(C)C.[HH]. The van der Waals surface area contributed by atoms with Gasteiger partial charge in [-0.15, -0.1) is 0 Å². The Balaban J connectivity index is 0.00000361. The van der Waals surface area contributed by atoms with Crippen molar-refractivity contribution in [2.24, 2.45) is 0 Å². The van der Waals surface area contributed by atoms with Crippen molar-refractivity contribution in [1.29, 1.82) is 0 Å². The molecular formula is C14H21F2NO2. The molecule has 1 aromatic carbocycles. The van der Waals surface area contributed by atoms with E-state index in [1.54, 1.807) is 0 Å². The van der Waals surface area contributed by atoms with Crippen LogP contribution < -0.4 is 10.1 Å². The van der Waals surface area contributed by atoms with Gasteiger partial charge in [-0.2, -0.15) is 0 Å². The van der Waals surface area contributed by atoms with E-state index >= 15 is 0 Å². The lowest BCUT2D eigenvalue weighted by Gasteiger charge is -2.23. The summed E-state index contributed by atoms with van der Waals surface area (Å²) in [6.45, 7) is 5.52. The molecule has 0 spiro atoms. The number of hydrogen-bond donors (Lipinski definition) is 1. The molecule has 0 atom stereocenters. The Morgan fingerprint density at radius 3 is 2.53 bits per heavy atom. The second kappa shape index (κ2) is 5.99. The summed E-state index contributed by atoms with van der Waals surface area (Å²) in [6, 6.07) is 1.99. The number of rotatable bonds is 4. The first-order valence-corrected chi connectivity index (χ1v) is 6.08. The number of halogens is 2. The third-order valence-corrected chi connectivity index (χ3v) is 2.63. The largest absolute Gasteiger partial charge is 0.493 e. The summed E-state index contributed by atoms with van der Waals surface area (Å²) in [6.07, 6.45) is 0.137. The van der Waals surface area contributed by atoms with Crippen LogP contribution in [0.15, 0.2) is 12.1 Å². The predicted molar refractivity (Wildman–Crippen MR) is 71.4 cm³/mol. The molecular weight excluding hydrogens is 252 g/mol. The van der Waals surface area contributed by atoms with Crippen molar-refractivity contribution in [1.82, 2.24) is 5.32 Å². The number of ether oxygens (including phenoxy) is 1. The van der Waals surface area contributed by atoms with Crippen LogP contribution in [-0.4, -0.2) is 19.6 Å². The Morgan fingerprint density at radius 1 is 1.37 bits per heavy atom. The minimum atomic E-state index is -0.694. The molecule has 0 heterocycles. The van der Waals surface area contributed by atoms with Crippen molar-refractivity contribution in [2.45, 2.75) is 32.6 Å². The number of carbonyl (C=O) groups excluding carboxylic acids is 1. The topological polar surface area (TPSA) is 38.3 Å². The molecule has 0 saturated heterocycles. The fourth-order valence-electron chi connectivity index (χ4n) is 1.77. The summed E-state index contributed by atoms with van der Waals surface area (Å²) >= 11 is 0. The maximum atomic E-state index is 13.9. The molecule has 1 aromatic rings. The molecule has 1 amide bonds. The zero-order valence-corrected chi connectivity index (χ0v) is 11.6. The number of benzene rings is 1. The average molecular weight is 273 g/mol. The van der Waals surface area contributed by atoms with Gasteiger partial charge in [0.2, 0.25) is 5.91 Å². The average Bonchev–Trinajstić information content (AvgIpc) is 2.25. The summed E-state index contributed by atoms with van der Waals surface area (Å²) in [5.74, 6) is -1.37. The van der Waals surface area contributed by atoms with Crippen molar-refractivity contribution < 1.29 is 19.7 Å². The van der Waals surface area contributed by atoms with Crippen molar-refractivity contribution in [3.63, 3.8) is 0 Å². The smallest absolute Gasteiger partial charge is 0.223 e. The van der Waals surface area contributed by atoms with Crippen LogP contribution in [0.4, 0.5) is 8.78 Å². The normalized spacial score (nSPS) is 11.3. The Hall–Kier alpha value is -1.65. The van der Waals surface area contributed by atoms with Crippen LogP contribution in [0.2, 0.25) is 0 Å². The van der Waals surface area contributed by atoms with Gasteiger partial charge in [0.05, 0.1) is 13.0 Å². The molecule has 19 heavy (non-hydrogen) atoms. The minimum Gasteiger partial charge on any atom is -0.493 e. The molecule has 0 saturated carbocycles. The van der Waals surface area contributed by atoms with Crippen molar-refractivity contribution in [2.75, 3.05) is 13.7 Å². The fourth-order valence-corrected chi connectivity index (χ4v) is 1.77. The molecule has 0 aliphatic carbocycles. The Bertz CT molecular complexity index is 473. The molecule has 0 unspecified atom stereocenters. The number of hydrogen-bond acceptors (Lipinski definition) is 2. The predicted octanol–water partition coefficient (Wildman–Crippen LogP) is 3.02. The van der Waals surface area contributed by atoms with E-state index in [0.717, 1.165) is 12.1 Å². The maximum absolute atomic E-state index is 13.9. The zero-order chi connectivity index (χ0) is 14.6. The van der Waals surface area contributed by atoms with E-state index in [1.807, 2.05) is 20.8 Å². The quantitative estimate of drug-likeness (QED) is 0.915. The lowest BCUT2D eigenvalue weighted by molar-refractivity contribution is -0.121. The van der Waals surface area contributed by atoms with Crippen LogP contribution in [0, 0.1) is 11.6 Å². The van der Waals surface area contributed by atoms with Crippen LogP contribution in [0.1, 0.15) is 34.2 Å². The minimum absolute atomic E-state index is 0. The van der Waals surface area contributed by atoms with Gasteiger partial charge in [0, 0.05) is 26.2 Å². The van der Waals surface area contributed by atoms with Crippen molar-refractivity contribution in [3.05, 3.63) is 29.3 Å². The van der Waals surface area contributed by atoms with Gasteiger partial charge in [-0.05, 0) is 5.41 Å². The van der Waals surface area contributed by atoms with Gasteiger partial charge in [-0.1, -0.05) is 20.8 Å². The molecule has 0 aliphatic rings. The monoisotopic (exact) mass is 273 g/mol. The molecule has 5 heteroatoms. The molecule has 0 aliphatic heterocycles. The first-order chi connectivity index (χ1) is 8.75. The number of carbonyl (C=O) groups is 1. The van der Waals surface area contributed by atoms with E-state index in [9.17, 15) is 13.6 Å². The molecule has 108 valence electrons. The lowest BCUT2D eigenvalue weighted by atomic mass is 9.86. The molecule has 0 aromatic heterocycles. The number of nitrogens with one attached hydrogen (secondary N) is 1. The highest BCUT2D eigenvalue weighted by Gasteiger charge is 2.24. The van der Waals surface area contributed by atoms with Crippen LogP contribution >= 0.6 is 0 Å². The van der Waals surface area contributed by atoms with Crippen LogP contribution in [0.3, 0.4) is 0 Å². The second-order valence-corrected chi connectivity index (χ2v) is 5.28. The first-order valence-electron chi connectivity index (χ1n) is 6.08. The summed E-state index contributed by atoms with van der Waals surface area (Å²) in [7, 11) is 1.52. The van der Waals surface area contributed by atoms with Gasteiger partial charge in [0.1, 0.15) is 17.4 Å². The third kappa shape index (κ3) is 4.19. The van der Waals surface area contributed by atoms with Crippen LogP contribution in [0.25, 0.3) is 0 Å². The molecule has 3 nitrogen and oxygen atoms in total. The van der Waals surface area contributed by atoms with Crippen molar-refractivity contribution in [3.8, 4) is 5.75 Å². The number of amides is 1. The van der Waals surface area contributed by atoms with Gasteiger partial charge in [0.15, 0.2) is 0 Å². The Morgan fingerprint density at radius 2 is 2.00 bits per heavy atom. The highest BCUT2D eigenvalue weighted by atomic mass is 19.1. The zero-order valence-electron chi connectivity index (χ0n) is 11.6. The lowest BCUT2D eigenvalue weighted by Crippen LogP contribution is -2.21. The van der Waals surface area contributed by atoms with Gasteiger partial charge >= 0.3 is 0 Å². The van der Waals surface area contributed by atoms with Crippen LogP contribution in [0.5, 0.6) is 5.75 Å². The van der Waals surface area contributed by atoms with E-state index in [-0.39, 0.29) is 26.1 Å². The summed E-state index contributed by atoms with van der Waals surface area (Å²) < 4.78 is 32.5. The van der Waals surface area contributed by atoms with Gasteiger partial charge in [0.25, 0.3) is 0 Å². The van der Waals surface area contributed by atoms with Crippen molar-refractivity contribution >= 4 is 5.91 Å². The van der Waals surface area contributed by atoms with Gasteiger partial charge in [-0.25, -0.2) is 8.78 Å². The van der Waals surface area contributed by atoms with E-state index in [2.05, 4.69) is 5.32 Å². The molecule has 0 radical (unpaired) electrons. The summed E-state index contributed by atoms with van der Waals surface area (Å²) in [5, 5.41) is 2.45. The van der Waals surface area contributed by atoms with E-state index in [0.29, 0.717) is 5.56 Å². The highest BCUT2D eigenvalue weighted by molar-refractivity contribution is 5.75. The van der Waals surface area contributed by atoms with E-state index < -0.39 is 17.0 Å². The molecule has 1 N–H and O–H groups in total. The first kappa shape index (κ1) is 15.4. The standard InChI is InChI=1S/C14H19F2NO2.H2/c1-14(2,3)13-10(16)7-9(15)8-11(13)19-6-5-12(18)17-4;/h7-8H,5-6H2,1-4H3,(H,17,18);1H. The van der Waals surface area contributed by atoms with Gasteiger partial charge in [-0.3, -0.25) is 4.79 Å². The summed E-state index contributed by atoms with van der Waals surface area (Å²) in [5.41, 5.74) is -0.203. The Kier molecular flexibility index (Phi) is 4.86. The van der Waals surface area contributed by atoms with Gasteiger partial charge < -0.3 is 10.1 Å². The van der Waals surface area contributed by atoms with E-state index in [1.165, 1.54) is 7.05 Å².